The maximum Gasteiger partial charge on any atom is 0.112 e. The Morgan fingerprint density at radius 3 is 2.92 bits per heavy atom. The zero-order chi connectivity index (χ0) is 7.84. The van der Waals surface area contributed by atoms with Crippen LogP contribution >= 0.6 is 24.0 Å². The van der Waals surface area contributed by atoms with Gasteiger partial charge in [-0.15, -0.1) is 12.4 Å². The molecular formula is C7H7Cl2N3. The first-order chi connectivity index (χ1) is 5.29. The molecule has 0 aliphatic rings. The molecule has 3 nitrogen and oxygen atoms in total. The molecule has 0 saturated carbocycles. The van der Waals surface area contributed by atoms with Gasteiger partial charge in [-0.2, -0.15) is 0 Å². The highest BCUT2D eigenvalue weighted by molar-refractivity contribution is 6.35. The molecule has 0 amide bonds. The van der Waals surface area contributed by atoms with E-state index in [9.17, 15) is 0 Å². The van der Waals surface area contributed by atoms with Gasteiger partial charge in [-0.3, -0.25) is 4.98 Å². The number of nitrogen functional groups attached to an aromatic ring is 1. The van der Waals surface area contributed by atoms with Crippen LogP contribution in [-0.2, 0) is 0 Å². The molecule has 0 fully saturated rings. The number of nitrogens with zero attached hydrogens (tertiary/aromatic N) is 1. The Balaban J connectivity index is 0.000000720. The summed E-state index contributed by atoms with van der Waals surface area (Å²) in [5, 5.41) is 0.645. The van der Waals surface area contributed by atoms with Gasteiger partial charge in [-0.1, -0.05) is 11.6 Å². The summed E-state index contributed by atoms with van der Waals surface area (Å²) in [6, 6.07) is 1.72. The number of rotatable bonds is 0. The lowest BCUT2D eigenvalue weighted by molar-refractivity contribution is 1.41. The van der Waals surface area contributed by atoms with E-state index in [-0.39, 0.29) is 12.4 Å². The fourth-order valence-corrected chi connectivity index (χ4v) is 1.21. The van der Waals surface area contributed by atoms with Gasteiger partial charge in [0.25, 0.3) is 0 Å². The third kappa shape index (κ3) is 1.21. The highest BCUT2D eigenvalue weighted by Gasteiger charge is 2.03. The molecule has 2 aromatic heterocycles. The summed E-state index contributed by atoms with van der Waals surface area (Å²) in [5.74, 6) is 0. The van der Waals surface area contributed by atoms with Gasteiger partial charge in [0.2, 0.25) is 0 Å². The average molecular weight is 204 g/mol. The Morgan fingerprint density at radius 2 is 2.25 bits per heavy atom. The van der Waals surface area contributed by atoms with Gasteiger partial charge >= 0.3 is 0 Å². The summed E-state index contributed by atoms with van der Waals surface area (Å²) in [6.45, 7) is 0. The lowest BCUT2D eigenvalue weighted by Gasteiger charge is -1.91. The molecule has 5 heteroatoms. The topological polar surface area (TPSA) is 54.7 Å². The van der Waals surface area contributed by atoms with Crippen LogP contribution in [0.5, 0.6) is 0 Å². The Labute approximate surface area is 80.3 Å². The molecule has 64 valence electrons. The summed E-state index contributed by atoms with van der Waals surface area (Å²) in [7, 11) is 0. The van der Waals surface area contributed by atoms with Crippen molar-refractivity contribution in [3.8, 4) is 0 Å². The van der Waals surface area contributed by atoms with Gasteiger partial charge in [0, 0.05) is 12.4 Å². The molecule has 0 unspecified atom stereocenters. The number of aromatic amines is 1. The van der Waals surface area contributed by atoms with Crippen LogP contribution in [0.1, 0.15) is 0 Å². The average Bonchev–Trinajstić information content (AvgIpc) is 2.35. The Bertz CT molecular complexity index is 396. The second-order valence-electron chi connectivity index (χ2n) is 2.26. The zero-order valence-electron chi connectivity index (χ0n) is 6.04. The maximum atomic E-state index is 5.84. The summed E-state index contributed by atoms with van der Waals surface area (Å²) >= 11 is 5.84. The normalized spacial score (nSPS) is 9.75. The summed E-state index contributed by atoms with van der Waals surface area (Å²) in [6.07, 6.45) is 3.32. The van der Waals surface area contributed by atoms with Gasteiger partial charge in [0.05, 0.1) is 16.2 Å². The van der Waals surface area contributed by atoms with Crippen LogP contribution in [-0.4, -0.2) is 9.97 Å². The van der Waals surface area contributed by atoms with Crippen LogP contribution in [0.4, 0.5) is 5.69 Å². The van der Waals surface area contributed by atoms with Crippen LogP contribution in [0, 0.1) is 0 Å². The molecule has 2 heterocycles. The summed E-state index contributed by atoms with van der Waals surface area (Å²) < 4.78 is 0. The maximum absolute atomic E-state index is 5.84. The van der Waals surface area contributed by atoms with Gasteiger partial charge in [-0.25, -0.2) is 0 Å². The fraction of sp³-hybridized carbons (Fsp3) is 0. The van der Waals surface area contributed by atoms with Gasteiger partial charge in [0.15, 0.2) is 0 Å². The molecule has 0 bridgehead atoms. The molecule has 0 aliphatic heterocycles. The van der Waals surface area contributed by atoms with Crippen LogP contribution in [0.25, 0.3) is 11.0 Å². The molecule has 0 aliphatic carbocycles. The summed E-state index contributed by atoms with van der Waals surface area (Å²) in [4.78, 5) is 7.00. The van der Waals surface area contributed by atoms with E-state index in [1.165, 1.54) is 0 Å². The second kappa shape index (κ2) is 3.21. The number of aromatic nitrogens is 2. The standard InChI is InChI=1S/C7H6ClN3.ClH/c8-4-1-2-10-7-5(9)3-11-6(4)7;/h1-3,11H,9H2;1H. The fourth-order valence-electron chi connectivity index (χ4n) is 1.01. The number of hydrogen-bond acceptors (Lipinski definition) is 2. The Kier molecular flexibility index (Phi) is 2.45. The van der Waals surface area contributed by atoms with Crippen molar-refractivity contribution in [2.75, 3.05) is 5.73 Å². The molecule has 0 aromatic carbocycles. The van der Waals surface area contributed by atoms with Crippen molar-refractivity contribution >= 4 is 40.7 Å². The Morgan fingerprint density at radius 1 is 1.50 bits per heavy atom. The quantitative estimate of drug-likeness (QED) is 0.691. The first-order valence-electron chi connectivity index (χ1n) is 3.16. The summed E-state index contributed by atoms with van der Waals surface area (Å²) in [5.41, 5.74) is 7.75. The number of fused-ring (bicyclic) bond motifs is 1. The van der Waals surface area contributed by atoms with Gasteiger partial charge in [0.1, 0.15) is 5.52 Å². The monoisotopic (exact) mass is 203 g/mol. The predicted molar refractivity (Wildman–Crippen MR) is 52.8 cm³/mol. The first kappa shape index (κ1) is 9.16. The highest BCUT2D eigenvalue weighted by Crippen LogP contribution is 2.23. The van der Waals surface area contributed by atoms with Crippen LogP contribution in [0.2, 0.25) is 5.02 Å². The van der Waals surface area contributed by atoms with Crippen LogP contribution in [0.15, 0.2) is 18.5 Å². The third-order valence-electron chi connectivity index (χ3n) is 1.55. The van der Waals surface area contributed by atoms with Crippen LogP contribution in [0.3, 0.4) is 0 Å². The van der Waals surface area contributed by atoms with E-state index < -0.39 is 0 Å². The number of hydrogen-bond donors (Lipinski definition) is 2. The van der Waals surface area contributed by atoms with Crippen molar-refractivity contribution in [3.63, 3.8) is 0 Å². The minimum absolute atomic E-state index is 0. The van der Waals surface area contributed by atoms with Gasteiger partial charge in [-0.05, 0) is 6.07 Å². The number of nitrogens with one attached hydrogen (secondary N) is 1. The van der Waals surface area contributed by atoms with Crippen molar-refractivity contribution in [2.24, 2.45) is 0 Å². The van der Waals surface area contributed by atoms with E-state index in [0.29, 0.717) is 10.7 Å². The molecule has 2 rings (SSSR count). The number of pyridine rings is 1. The van der Waals surface area contributed by atoms with E-state index in [4.69, 9.17) is 17.3 Å². The molecule has 2 aromatic rings. The van der Waals surface area contributed by atoms with Crippen molar-refractivity contribution in [2.45, 2.75) is 0 Å². The SMILES string of the molecule is Cl.Nc1c[nH]c2c(Cl)ccnc12. The largest absolute Gasteiger partial charge is 0.396 e. The Hall–Kier alpha value is -0.930. The van der Waals surface area contributed by atoms with E-state index in [0.717, 1.165) is 11.0 Å². The number of H-pyrrole nitrogens is 1. The molecule has 12 heavy (non-hydrogen) atoms. The molecule has 0 saturated heterocycles. The molecule has 0 atom stereocenters. The highest BCUT2D eigenvalue weighted by atomic mass is 35.5. The van der Waals surface area contributed by atoms with Gasteiger partial charge < -0.3 is 10.7 Å². The molecule has 0 spiro atoms. The second-order valence-corrected chi connectivity index (χ2v) is 2.67. The molecule has 3 N–H and O–H groups in total. The predicted octanol–water partition coefficient (Wildman–Crippen LogP) is 2.22. The zero-order valence-corrected chi connectivity index (χ0v) is 7.62. The van der Waals surface area contributed by atoms with Crippen molar-refractivity contribution in [1.29, 1.82) is 0 Å². The number of halogens is 2. The van der Waals surface area contributed by atoms with E-state index in [1.54, 1.807) is 18.5 Å². The lowest BCUT2D eigenvalue weighted by atomic mass is 10.3. The van der Waals surface area contributed by atoms with Crippen molar-refractivity contribution < 1.29 is 0 Å². The van der Waals surface area contributed by atoms with E-state index in [1.807, 2.05) is 0 Å². The van der Waals surface area contributed by atoms with Crippen LogP contribution < -0.4 is 5.73 Å². The first-order valence-corrected chi connectivity index (χ1v) is 3.54. The minimum Gasteiger partial charge on any atom is -0.396 e. The lowest BCUT2D eigenvalue weighted by Crippen LogP contribution is -1.82. The number of anilines is 1. The van der Waals surface area contributed by atoms with Crippen molar-refractivity contribution in [1.82, 2.24) is 9.97 Å². The minimum atomic E-state index is 0. The van der Waals surface area contributed by atoms with E-state index >= 15 is 0 Å². The van der Waals surface area contributed by atoms with E-state index in [2.05, 4.69) is 9.97 Å². The third-order valence-corrected chi connectivity index (χ3v) is 1.86. The molecular weight excluding hydrogens is 197 g/mol. The number of nitrogens with two attached hydrogens (primary N) is 1. The smallest absolute Gasteiger partial charge is 0.112 e. The van der Waals surface area contributed by atoms with Crippen molar-refractivity contribution in [3.05, 3.63) is 23.5 Å². The molecule has 0 radical (unpaired) electrons.